The molecule has 3 heterocycles. The summed E-state index contributed by atoms with van der Waals surface area (Å²) in [7, 11) is 0. The summed E-state index contributed by atoms with van der Waals surface area (Å²) in [6.45, 7) is 4.26. The molecule has 0 aromatic carbocycles. The van der Waals surface area contributed by atoms with E-state index in [2.05, 4.69) is 0 Å². The van der Waals surface area contributed by atoms with Crippen LogP contribution < -0.4 is 0 Å². The fourth-order valence-corrected chi connectivity index (χ4v) is 3.94. The average molecular weight is 294 g/mol. The molecule has 5 nitrogen and oxygen atoms in total. The number of piperidine rings is 1. The first-order chi connectivity index (χ1) is 10.2. The van der Waals surface area contributed by atoms with Crippen LogP contribution in [0.4, 0.5) is 0 Å². The van der Waals surface area contributed by atoms with E-state index < -0.39 is 0 Å². The van der Waals surface area contributed by atoms with Crippen LogP contribution in [0.15, 0.2) is 0 Å². The van der Waals surface area contributed by atoms with E-state index in [1.807, 2.05) is 16.7 Å². The zero-order valence-electron chi connectivity index (χ0n) is 12.9. The lowest BCUT2D eigenvalue weighted by molar-refractivity contribution is -0.164. The predicted molar refractivity (Wildman–Crippen MR) is 78.7 cm³/mol. The highest BCUT2D eigenvalue weighted by Gasteiger charge is 2.45. The number of carbonyl (C=O) groups excluding carboxylic acids is 2. The molecule has 3 fully saturated rings. The average Bonchev–Trinajstić information content (AvgIpc) is 3.03. The molecule has 0 N–H and O–H groups in total. The monoisotopic (exact) mass is 294 g/mol. The van der Waals surface area contributed by atoms with Crippen molar-refractivity contribution >= 4 is 11.8 Å². The number of hydrogen-bond acceptors (Lipinski definition) is 3. The Morgan fingerprint density at radius 2 is 2.00 bits per heavy atom. The van der Waals surface area contributed by atoms with Crippen LogP contribution in [0.1, 0.15) is 51.9 Å². The summed E-state index contributed by atoms with van der Waals surface area (Å²) in [5.74, 6) is 0.327. The van der Waals surface area contributed by atoms with Gasteiger partial charge in [-0.2, -0.15) is 0 Å². The molecule has 3 aliphatic heterocycles. The normalized spacial score (nSPS) is 33.5. The van der Waals surface area contributed by atoms with Gasteiger partial charge in [-0.05, 0) is 44.9 Å². The highest BCUT2D eigenvalue weighted by atomic mass is 16.5. The van der Waals surface area contributed by atoms with Crippen LogP contribution in [0.25, 0.3) is 0 Å². The molecule has 3 atom stereocenters. The molecule has 3 saturated heterocycles. The van der Waals surface area contributed by atoms with Gasteiger partial charge in [0, 0.05) is 19.7 Å². The zero-order valence-corrected chi connectivity index (χ0v) is 12.9. The highest BCUT2D eigenvalue weighted by Crippen LogP contribution is 2.28. The molecule has 0 radical (unpaired) electrons. The molecule has 3 unspecified atom stereocenters. The second-order valence-electron chi connectivity index (χ2n) is 6.42. The molecule has 3 rings (SSSR count). The molecule has 0 bridgehead atoms. The number of ether oxygens (including phenoxy) is 1. The Labute approximate surface area is 126 Å². The molecule has 3 aliphatic rings. The van der Waals surface area contributed by atoms with E-state index in [1.165, 1.54) is 0 Å². The summed E-state index contributed by atoms with van der Waals surface area (Å²) < 4.78 is 5.65. The Balaban J connectivity index is 1.70. The van der Waals surface area contributed by atoms with E-state index in [1.54, 1.807) is 0 Å². The Kier molecular flexibility index (Phi) is 4.48. The predicted octanol–water partition coefficient (Wildman–Crippen LogP) is 1.56. The number of carbonyl (C=O) groups is 2. The minimum Gasteiger partial charge on any atom is -0.378 e. The maximum atomic E-state index is 12.8. The fraction of sp³-hybridized carbons (Fsp3) is 0.875. The Hall–Kier alpha value is -1.10. The third kappa shape index (κ3) is 2.80. The summed E-state index contributed by atoms with van der Waals surface area (Å²) in [5, 5.41) is 0. The zero-order chi connectivity index (χ0) is 14.8. The molecule has 0 saturated carbocycles. The van der Waals surface area contributed by atoms with E-state index in [0.717, 1.165) is 51.7 Å². The van der Waals surface area contributed by atoms with Crippen molar-refractivity contribution in [1.82, 2.24) is 9.80 Å². The standard InChI is InChI=1S/C16H26N2O3/c1-2-13-15(19)17-9-4-3-7-14(17)16(20)18(13)10-8-12-6-5-11-21-12/h12-14H,2-11H2,1H3. The van der Waals surface area contributed by atoms with Crippen molar-refractivity contribution in [1.29, 1.82) is 0 Å². The molecule has 21 heavy (non-hydrogen) atoms. The van der Waals surface area contributed by atoms with Gasteiger partial charge in [0.1, 0.15) is 12.1 Å². The highest BCUT2D eigenvalue weighted by molar-refractivity contribution is 5.97. The van der Waals surface area contributed by atoms with E-state index in [9.17, 15) is 9.59 Å². The van der Waals surface area contributed by atoms with Crippen LogP contribution >= 0.6 is 0 Å². The molecule has 0 aromatic heterocycles. The minimum absolute atomic E-state index is 0.161. The van der Waals surface area contributed by atoms with Crippen LogP contribution in [0.5, 0.6) is 0 Å². The summed E-state index contributed by atoms with van der Waals surface area (Å²) >= 11 is 0. The summed E-state index contributed by atoms with van der Waals surface area (Å²) in [6.07, 6.45) is 6.96. The van der Waals surface area contributed by atoms with Gasteiger partial charge in [0.15, 0.2) is 0 Å². The van der Waals surface area contributed by atoms with Crippen molar-refractivity contribution < 1.29 is 14.3 Å². The molecule has 2 amide bonds. The van der Waals surface area contributed by atoms with Crippen LogP contribution in [0.2, 0.25) is 0 Å². The van der Waals surface area contributed by atoms with Gasteiger partial charge in [0.2, 0.25) is 11.8 Å². The van der Waals surface area contributed by atoms with Gasteiger partial charge >= 0.3 is 0 Å². The van der Waals surface area contributed by atoms with Crippen molar-refractivity contribution in [3.8, 4) is 0 Å². The first-order valence-electron chi connectivity index (χ1n) is 8.45. The Morgan fingerprint density at radius 1 is 1.14 bits per heavy atom. The molecular formula is C16H26N2O3. The van der Waals surface area contributed by atoms with Gasteiger partial charge in [0.05, 0.1) is 6.10 Å². The largest absolute Gasteiger partial charge is 0.378 e. The number of fused-ring (bicyclic) bond motifs is 1. The third-order valence-corrected chi connectivity index (χ3v) is 5.12. The number of amides is 2. The van der Waals surface area contributed by atoms with E-state index >= 15 is 0 Å². The SMILES string of the molecule is CCC1C(=O)N2CCCCC2C(=O)N1CCC1CCCO1. The minimum atomic E-state index is -0.256. The van der Waals surface area contributed by atoms with Crippen LogP contribution in [-0.4, -0.2) is 59.5 Å². The van der Waals surface area contributed by atoms with Gasteiger partial charge in [-0.1, -0.05) is 6.92 Å². The van der Waals surface area contributed by atoms with Crippen molar-refractivity contribution in [3.05, 3.63) is 0 Å². The lowest BCUT2D eigenvalue weighted by atomic mass is 9.94. The van der Waals surface area contributed by atoms with Gasteiger partial charge < -0.3 is 14.5 Å². The summed E-state index contributed by atoms with van der Waals surface area (Å²) in [6, 6.07) is -0.452. The lowest BCUT2D eigenvalue weighted by Gasteiger charge is -2.47. The number of rotatable bonds is 4. The second-order valence-corrected chi connectivity index (χ2v) is 6.42. The number of nitrogens with zero attached hydrogens (tertiary/aromatic N) is 2. The molecule has 118 valence electrons. The van der Waals surface area contributed by atoms with Crippen molar-refractivity contribution in [2.24, 2.45) is 0 Å². The number of piperazine rings is 1. The van der Waals surface area contributed by atoms with Crippen LogP contribution in [0.3, 0.4) is 0 Å². The van der Waals surface area contributed by atoms with Gasteiger partial charge in [-0.15, -0.1) is 0 Å². The van der Waals surface area contributed by atoms with Gasteiger partial charge in [-0.3, -0.25) is 9.59 Å². The van der Waals surface area contributed by atoms with Crippen LogP contribution in [0, 0.1) is 0 Å². The number of hydrogen-bond donors (Lipinski definition) is 0. The Morgan fingerprint density at radius 3 is 2.71 bits per heavy atom. The van der Waals surface area contributed by atoms with Crippen molar-refractivity contribution in [2.75, 3.05) is 19.7 Å². The first kappa shape index (κ1) is 14.8. The topological polar surface area (TPSA) is 49.9 Å². The van der Waals surface area contributed by atoms with Gasteiger partial charge in [-0.25, -0.2) is 0 Å². The lowest BCUT2D eigenvalue weighted by Crippen LogP contribution is -2.65. The summed E-state index contributed by atoms with van der Waals surface area (Å²) in [5.41, 5.74) is 0. The van der Waals surface area contributed by atoms with Crippen molar-refractivity contribution in [3.63, 3.8) is 0 Å². The quantitative estimate of drug-likeness (QED) is 0.790. The van der Waals surface area contributed by atoms with E-state index in [-0.39, 0.29) is 30.0 Å². The smallest absolute Gasteiger partial charge is 0.246 e. The van der Waals surface area contributed by atoms with Gasteiger partial charge in [0.25, 0.3) is 0 Å². The van der Waals surface area contributed by atoms with E-state index in [4.69, 9.17) is 4.74 Å². The fourth-order valence-electron chi connectivity index (χ4n) is 3.94. The Bertz CT molecular complexity index is 406. The molecule has 0 aliphatic carbocycles. The summed E-state index contributed by atoms with van der Waals surface area (Å²) in [4.78, 5) is 29.1. The molecule has 0 spiro atoms. The first-order valence-corrected chi connectivity index (χ1v) is 8.45. The second kappa shape index (κ2) is 6.34. The van der Waals surface area contributed by atoms with Crippen LogP contribution in [-0.2, 0) is 14.3 Å². The molecular weight excluding hydrogens is 268 g/mol. The van der Waals surface area contributed by atoms with E-state index in [0.29, 0.717) is 13.0 Å². The molecule has 5 heteroatoms. The maximum Gasteiger partial charge on any atom is 0.246 e. The molecule has 0 aromatic rings. The van der Waals surface area contributed by atoms with Crippen molar-refractivity contribution in [2.45, 2.75) is 70.1 Å². The maximum absolute atomic E-state index is 12.8. The third-order valence-electron chi connectivity index (χ3n) is 5.12.